The highest BCUT2D eigenvalue weighted by Gasteiger charge is 2.33. The number of carbonyl (C=O) groups excluding carboxylic acids is 1. The lowest BCUT2D eigenvalue weighted by molar-refractivity contribution is -0.137. The molecule has 1 saturated carbocycles. The Morgan fingerprint density at radius 3 is 2.57 bits per heavy atom. The van der Waals surface area contributed by atoms with Crippen molar-refractivity contribution in [2.75, 3.05) is 19.7 Å². The number of hydrogen-bond donors (Lipinski definition) is 3. The Kier molecular flexibility index (Phi) is 6.42. The number of rotatable bonds is 6. The summed E-state index contributed by atoms with van der Waals surface area (Å²) < 4.78 is 46.5. The number of benzene rings is 1. The second kappa shape index (κ2) is 9.56. The molecule has 3 N–H and O–H groups in total. The molecule has 5 rings (SSSR count). The number of hydrogen-bond acceptors (Lipinski definition) is 5. The molecule has 12 heteroatoms. The number of aryl methyl sites for hydroxylation is 1. The highest BCUT2D eigenvalue weighted by atomic mass is 19.4. The minimum atomic E-state index is -4.55. The number of fused-ring (bicyclic) bond motifs is 1. The van der Waals surface area contributed by atoms with Crippen molar-refractivity contribution >= 4 is 23.0 Å². The molecule has 3 aromatic rings. The Bertz CT molecular complexity index is 1340. The number of carboxylic acid groups (broad SMARTS) is 1. The van der Waals surface area contributed by atoms with Crippen molar-refractivity contribution in [2.24, 2.45) is 5.92 Å². The summed E-state index contributed by atoms with van der Waals surface area (Å²) in [5.74, 6) is 0.283. The first-order chi connectivity index (χ1) is 17.6. The maximum absolute atomic E-state index is 13.5. The standard InChI is InChI=1S/C25H26F3N5O4/c1-13-19(23(34)32-16-6-8-33(9-7-16)24(35)36)21-22(31-13)20(29-12-30-21)17-10-15(25(26,27)28)4-5-18(17)37-11-14-2-3-14/h4-5,10,12,14,16,31H,2-3,6-9,11H2,1H3,(H,32,34)(H,35,36). The molecule has 0 radical (unpaired) electrons. The van der Waals surface area contributed by atoms with E-state index in [9.17, 15) is 22.8 Å². The second-order valence-electron chi connectivity index (χ2n) is 9.55. The summed E-state index contributed by atoms with van der Waals surface area (Å²) in [7, 11) is 0. The number of aromatic amines is 1. The number of H-pyrrole nitrogens is 1. The molecule has 0 unspecified atom stereocenters. The smallest absolute Gasteiger partial charge is 0.416 e. The SMILES string of the molecule is Cc1[nH]c2c(-c3cc(C(F)(F)F)ccc3OCC3CC3)ncnc2c1C(=O)NC1CCN(C(=O)O)CC1. The largest absolute Gasteiger partial charge is 0.493 e. The minimum absolute atomic E-state index is 0.164. The number of carbonyl (C=O) groups is 2. The van der Waals surface area contributed by atoms with Gasteiger partial charge in [0.15, 0.2) is 0 Å². The van der Waals surface area contributed by atoms with Crippen LogP contribution in [0.25, 0.3) is 22.3 Å². The van der Waals surface area contributed by atoms with Crippen molar-refractivity contribution in [1.29, 1.82) is 0 Å². The van der Waals surface area contributed by atoms with Crippen LogP contribution in [0.15, 0.2) is 24.5 Å². The highest BCUT2D eigenvalue weighted by molar-refractivity contribution is 6.09. The molecular formula is C25H26F3N5O4. The summed E-state index contributed by atoms with van der Waals surface area (Å²) in [4.78, 5) is 37.3. The van der Waals surface area contributed by atoms with Crippen molar-refractivity contribution in [3.63, 3.8) is 0 Å². The lowest BCUT2D eigenvalue weighted by Crippen LogP contribution is -2.46. The van der Waals surface area contributed by atoms with Crippen LogP contribution in [0.3, 0.4) is 0 Å². The number of likely N-dealkylation sites (tertiary alicyclic amines) is 1. The number of alkyl halides is 3. The zero-order valence-corrected chi connectivity index (χ0v) is 20.1. The summed E-state index contributed by atoms with van der Waals surface area (Å²) in [6.07, 6.45) is -1.32. The van der Waals surface area contributed by atoms with Gasteiger partial charge in [-0.05, 0) is 56.7 Å². The first-order valence-electron chi connectivity index (χ1n) is 12.1. The van der Waals surface area contributed by atoms with E-state index in [1.807, 2.05) is 0 Å². The number of piperidine rings is 1. The first-order valence-corrected chi connectivity index (χ1v) is 12.1. The van der Waals surface area contributed by atoms with Crippen LogP contribution in [0, 0.1) is 12.8 Å². The second-order valence-corrected chi connectivity index (χ2v) is 9.55. The van der Waals surface area contributed by atoms with Gasteiger partial charge >= 0.3 is 12.3 Å². The monoisotopic (exact) mass is 517 g/mol. The van der Waals surface area contributed by atoms with Gasteiger partial charge in [0.2, 0.25) is 0 Å². The van der Waals surface area contributed by atoms with Gasteiger partial charge < -0.3 is 25.0 Å². The summed E-state index contributed by atoms with van der Waals surface area (Å²) in [6, 6.07) is 3.09. The van der Waals surface area contributed by atoms with E-state index in [1.54, 1.807) is 6.92 Å². The number of aromatic nitrogens is 3. The van der Waals surface area contributed by atoms with Gasteiger partial charge in [0.05, 0.1) is 23.3 Å². The number of nitrogens with one attached hydrogen (secondary N) is 2. The van der Waals surface area contributed by atoms with Crippen LogP contribution in [-0.4, -0.2) is 62.7 Å². The minimum Gasteiger partial charge on any atom is -0.493 e. The third kappa shape index (κ3) is 5.18. The lowest BCUT2D eigenvalue weighted by atomic mass is 10.0. The van der Waals surface area contributed by atoms with E-state index < -0.39 is 23.7 Å². The Morgan fingerprint density at radius 2 is 1.92 bits per heavy atom. The molecule has 196 valence electrons. The molecule has 2 aliphatic rings. The summed E-state index contributed by atoms with van der Waals surface area (Å²) in [6.45, 7) is 2.73. The molecule has 0 atom stereocenters. The molecule has 37 heavy (non-hydrogen) atoms. The molecule has 2 fully saturated rings. The topological polar surface area (TPSA) is 120 Å². The summed E-state index contributed by atoms with van der Waals surface area (Å²) >= 11 is 0. The fourth-order valence-corrected chi connectivity index (χ4v) is 4.59. The van der Waals surface area contributed by atoms with Crippen molar-refractivity contribution in [3.05, 3.63) is 41.3 Å². The molecule has 2 aromatic heterocycles. The molecule has 1 aromatic carbocycles. The fraction of sp³-hybridized carbons (Fsp3) is 0.440. The molecule has 3 heterocycles. The molecule has 0 spiro atoms. The zero-order valence-electron chi connectivity index (χ0n) is 20.1. The van der Waals surface area contributed by atoms with Crippen molar-refractivity contribution < 1.29 is 32.6 Å². The number of halogens is 3. The van der Waals surface area contributed by atoms with Crippen LogP contribution in [0.1, 0.15) is 47.3 Å². The van der Waals surface area contributed by atoms with Crippen LogP contribution in [-0.2, 0) is 6.18 Å². The van der Waals surface area contributed by atoms with Gasteiger partial charge in [0.1, 0.15) is 23.3 Å². The maximum atomic E-state index is 13.5. The van der Waals surface area contributed by atoms with E-state index in [1.165, 1.54) is 17.3 Å². The Labute approximate surface area is 210 Å². The molecule has 1 aliphatic carbocycles. The Morgan fingerprint density at radius 1 is 1.19 bits per heavy atom. The van der Waals surface area contributed by atoms with Gasteiger partial charge in [-0.3, -0.25) is 4.79 Å². The van der Waals surface area contributed by atoms with E-state index in [-0.39, 0.29) is 34.1 Å². The third-order valence-corrected chi connectivity index (χ3v) is 6.83. The molecule has 0 bridgehead atoms. The molecular weight excluding hydrogens is 491 g/mol. The molecule has 1 saturated heterocycles. The van der Waals surface area contributed by atoms with Crippen molar-refractivity contribution in [3.8, 4) is 17.0 Å². The van der Waals surface area contributed by atoms with E-state index in [0.717, 1.165) is 25.0 Å². The van der Waals surface area contributed by atoms with Gasteiger partial charge in [-0.2, -0.15) is 13.2 Å². The average Bonchev–Trinajstić information content (AvgIpc) is 3.62. The van der Waals surface area contributed by atoms with Crippen molar-refractivity contribution in [2.45, 2.75) is 44.8 Å². The van der Waals surface area contributed by atoms with Crippen LogP contribution in [0.5, 0.6) is 5.75 Å². The molecule has 9 nitrogen and oxygen atoms in total. The lowest BCUT2D eigenvalue weighted by Gasteiger charge is -2.30. The number of amides is 2. The Hall–Kier alpha value is -3.83. The van der Waals surface area contributed by atoms with E-state index in [0.29, 0.717) is 49.7 Å². The highest BCUT2D eigenvalue weighted by Crippen LogP contribution is 2.40. The van der Waals surface area contributed by atoms with Gasteiger partial charge in [-0.25, -0.2) is 14.8 Å². The van der Waals surface area contributed by atoms with E-state index in [2.05, 4.69) is 20.3 Å². The summed E-state index contributed by atoms with van der Waals surface area (Å²) in [5.41, 5.74) is 0.921. The van der Waals surface area contributed by atoms with Crippen LogP contribution in [0.2, 0.25) is 0 Å². The first kappa shape index (κ1) is 24.8. The quantitative estimate of drug-likeness (QED) is 0.439. The molecule has 1 aliphatic heterocycles. The predicted octanol–water partition coefficient (Wildman–Crippen LogP) is 4.61. The summed E-state index contributed by atoms with van der Waals surface area (Å²) in [5, 5.41) is 12.1. The maximum Gasteiger partial charge on any atom is 0.416 e. The average molecular weight is 518 g/mol. The predicted molar refractivity (Wildman–Crippen MR) is 127 cm³/mol. The normalized spacial score (nSPS) is 16.7. The van der Waals surface area contributed by atoms with Crippen LogP contribution in [0.4, 0.5) is 18.0 Å². The third-order valence-electron chi connectivity index (χ3n) is 6.83. The number of nitrogens with zero attached hydrogens (tertiary/aromatic N) is 3. The zero-order chi connectivity index (χ0) is 26.3. The van der Waals surface area contributed by atoms with Gasteiger partial charge in [0, 0.05) is 30.4 Å². The van der Waals surface area contributed by atoms with Gasteiger partial charge in [0.25, 0.3) is 5.91 Å². The van der Waals surface area contributed by atoms with E-state index >= 15 is 0 Å². The van der Waals surface area contributed by atoms with Crippen molar-refractivity contribution in [1.82, 2.24) is 25.2 Å². The van der Waals surface area contributed by atoms with E-state index in [4.69, 9.17) is 9.84 Å². The molecule has 2 amide bonds. The van der Waals surface area contributed by atoms with Gasteiger partial charge in [-0.15, -0.1) is 0 Å². The number of ether oxygens (including phenoxy) is 1. The Balaban J connectivity index is 1.48. The van der Waals surface area contributed by atoms with Crippen LogP contribution < -0.4 is 10.1 Å². The fourth-order valence-electron chi connectivity index (χ4n) is 4.59. The van der Waals surface area contributed by atoms with Gasteiger partial charge in [-0.1, -0.05) is 0 Å². The van der Waals surface area contributed by atoms with Crippen LogP contribution >= 0.6 is 0 Å².